The van der Waals surface area contributed by atoms with Crippen LogP contribution in [-0.2, 0) is 4.74 Å². The molecule has 0 spiro atoms. The molecule has 8 nitrogen and oxygen atoms in total. The van der Waals surface area contributed by atoms with Crippen LogP contribution in [0.15, 0.2) is 41.5 Å². The Balaban J connectivity index is 1.62. The Labute approximate surface area is 216 Å². The summed E-state index contributed by atoms with van der Waals surface area (Å²) >= 11 is 1.49. The number of ether oxygens (including phenoxy) is 1. The predicted molar refractivity (Wildman–Crippen MR) is 146 cm³/mol. The molecule has 1 saturated heterocycles. The van der Waals surface area contributed by atoms with Crippen molar-refractivity contribution in [2.24, 2.45) is 5.10 Å². The van der Waals surface area contributed by atoms with Crippen LogP contribution >= 0.6 is 11.9 Å². The second-order valence-electron chi connectivity index (χ2n) is 9.11. The van der Waals surface area contributed by atoms with Gasteiger partial charge < -0.3 is 26.3 Å². The number of piperazine rings is 1. The van der Waals surface area contributed by atoms with Gasteiger partial charge in [0.05, 0.1) is 12.3 Å². The summed E-state index contributed by atoms with van der Waals surface area (Å²) in [5.41, 5.74) is 7.47. The van der Waals surface area contributed by atoms with Crippen LogP contribution in [0.3, 0.4) is 0 Å². The Morgan fingerprint density at radius 1 is 1.19 bits per heavy atom. The topological polar surface area (TPSA) is 99.8 Å². The van der Waals surface area contributed by atoms with Crippen molar-refractivity contribution in [2.75, 3.05) is 39.1 Å². The molecule has 4 rings (SSSR count). The molecule has 192 valence electrons. The molecule has 2 aromatic carbocycles. The highest BCUT2D eigenvalue weighted by atomic mass is 32.2. The predicted octanol–water partition coefficient (Wildman–Crippen LogP) is 4.54. The molecule has 0 bridgehead atoms. The van der Waals surface area contributed by atoms with Gasteiger partial charge in [0.15, 0.2) is 0 Å². The molecule has 36 heavy (non-hydrogen) atoms. The van der Waals surface area contributed by atoms with Crippen molar-refractivity contribution < 1.29 is 9.13 Å². The number of hydrogen-bond donors (Lipinski definition) is 4. The van der Waals surface area contributed by atoms with Crippen molar-refractivity contribution in [3.05, 3.63) is 58.9 Å². The van der Waals surface area contributed by atoms with E-state index in [1.807, 2.05) is 0 Å². The van der Waals surface area contributed by atoms with E-state index in [1.54, 1.807) is 26.3 Å². The number of methoxy groups -OCH3 is 1. The van der Waals surface area contributed by atoms with E-state index in [0.29, 0.717) is 17.2 Å². The van der Waals surface area contributed by atoms with E-state index in [-0.39, 0.29) is 11.9 Å². The van der Waals surface area contributed by atoms with Crippen molar-refractivity contribution in [2.45, 2.75) is 38.0 Å². The molecule has 2 aromatic rings. The standard InChI is InChI=1S/C26H34FN7OS/c1-17-10-24(31-20-6-4-19(27)5-7-20)18(14-28)11-23(17)25-16-33(36-26(15-29)32-30-2)8-9-34(25)21-12-22(13-21)35-3/h4-7,10-11,14-15,21-22,25,28-31H,8-9,12-13,16H2,1-3H3/b28-14?,29-15?,32-26+. The number of hydrogen-bond acceptors (Lipinski definition) is 9. The first-order valence-electron chi connectivity index (χ1n) is 12.1. The summed E-state index contributed by atoms with van der Waals surface area (Å²) < 4.78 is 21.2. The summed E-state index contributed by atoms with van der Waals surface area (Å²) in [6, 6.07) is 11.0. The third-order valence-electron chi connectivity index (χ3n) is 6.90. The van der Waals surface area contributed by atoms with E-state index < -0.39 is 0 Å². The average molecular weight is 512 g/mol. The maximum absolute atomic E-state index is 13.3. The molecule has 0 amide bonds. The summed E-state index contributed by atoms with van der Waals surface area (Å²) in [4.78, 5) is 2.58. The number of hydrazone groups is 1. The number of benzene rings is 2. The van der Waals surface area contributed by atoms with Crippen LogP contribution in [-0.4, -0.2) is 72.6 Å². The molecule has 1 aliphatic heterocycles. The molecule has 1 heterocycles. The fraction of sp³-hybridized carbons (Fsp3) is 0.423. The van der Waals surface area contributed by atoms with Gasteiger partial charge in [0.1, 0.15) is 10.9 Å². The Hall–Kier alpha value is -2.79. The number of aryl methyl sites for hydroxylation is 1. The lowest BCUT2D eigenvalue weighted by molar-refractivity contribution is -0.0532. The zero-order valence-corrected chi connectivity index (χ0v) is 21.7. The van der Waals surface area contributed by atoms with E-state index in [2.05, 4.69) is 44.1 Å². The van der Waals surface area contributed by atoms with Crippen LogP contribution in [0.2, 0.25) is 0 Å². The molecule has 10 heteroatoms. The van der Waals surface area contributed by atoms with Gasteiger partial charge in [-0.1, -0.05) is 0 Å². The first kappa shape index (κ1) is 26.3. The highest BCUT2D eigenvalue weighted by molar-refractivity contribution is 8.13. The van der Waals surface area contributed by atoms with Gasteiger partial charge in [0.25, 0.3) is 0 Å². The second-order valence-corrected chi connectivity index (χ2v) is 10.2. The van der Waals surface area contributed by atoms with Crippen LogP contribution in [0, 0.1) is 23.6 Å². The number of anilines is 2. The fourth-order valence-corrected chi connectivity index (χ4v) is 5.75. The molecule has 1 aliphatic carbocycles. The van der Waals surface area contributed by atoms with Crippen molar-refractivity contribution in [3.63, 3.8) is 0 Å². The minimum atomic E-state index is -0.281. The lowest BCUT2D eigenvalue weighted by atomic mass is 9.84. The summed E-state index contributed by atoms with van der Waals surface area (Å²) in [6.45, 7) is 4.65. The van der Waals surface area contributed by atoms with Gasteiger partial charge in [-0.2, -0.15) is 5.10 Å². The average Bonchev–Trinajstić information content (AvgIpc) is 2.85. The molecule has 1 atom stereocenters. The molecule has 2 aliphatic rings. The highest BCUT2D eigenvalue weighted by Gasteiger charge is 2.40. The van der Waals surface area contributed by atoms with Crippen molar-refractivity contribution in [1.82, 2.24) is 14.6 Å². The van der Waals surface area contributed by atoms with Gasteiger partial charge in [0, 0.05) is 69.0 Å². The van der Waals surface area contributed by atoms with Crippen molar-refractivity contribution in [3.8, 4) is 0 Å². The van der Waals surface area contributed by atoms with Gasteiger partial charge >= 0.3 is 0 Å². The van der Waals surface area contributed by atoms with Gasteiger partial charge in [-0.25, -0.2) is 8.70 Å². The first-order valence-corrected chi connectivity index (χ1v) is 12.9. The number of rotatable bonds is 9. The minimum absolute atomic E-state index is 0.134. The first-order chi connectivity index (χ1) is 17.4. The van der Waals surface area contributed by atoms with Crippen molar-refractivity contribution in [1.29, 1.82) is 10.8 Å². The van der Waals surface area contributed by atoms with Gasteiger partial charge in [-0.3, -0.25) is 4.90 Å². The summed E-state index contributed by atoms with van der Waals surface area (Å²) in [6.07, 6.45) is 5.00. The SMILES string of the molecule is CN/N=C(\C=N)SN1CCN(C2CC(OC)C2)C(c2cc(C=N)c(Nc3ccc(F)cc3)cc2C)C1. The molecular weight excluding hydrogens is 477 g/mol. The molecular formula is C26H34FN7OS. The van der Waals surface area contributed by atoms with Gasteiger partial charge in [0.2, 0.25) is 0 Å². The third kappa shape index (κ3) is 5.95. The van der Waals surface area contributed by atoms with E-state index in [9.17, 15) is 4.39 Å². The Bertz CT molecular complexity index is 1100. The van der Waals surface area contributed by atoms with Crippen LogP contribution in [0.4, 0.5) is 15.8 Å². The van der Waals surface area contributed by atoms with Crippen LogP contribution in [0.5, 0.6) is 0 Å². The fourth-order valence-electron chi connectivity index (χ4n) is 4.91. The maximum Gasteiger partial charge on any atom is 0.149 e. The number of nitrogens with zero attached hydrogens (tertiary/aromatic N) is 3. The smallest absolute Gasteiger partial charge is 0.149 e. The quantitative estimate of drug-likeness (QED) is 0.171. The van der Waals surface area contributed by atoms with E-state index in [0.717, 1.165) is 55.0 Å². The van der Waals surface area contributed by atoms with E-state index >= 15 is 0 Å². The van der Waals surface area contributed by atoms with E-state index in [1.165, 1.54) is 42.1 Å². The number of nitrogens with one attached hydrogen (secondary N) is 4. The lowest BCUT2D eigenvalue weighted by Gasteiger charge is -2.50. The van der Waals surface area contributed by atoms with Crippen molar-refractivity contribution >= 4 is 40.8 Å². The van der Waals surface area contributed by atoms with Gasteiger partial charge in [-0.05, 0) is 79.2 Å². The Morgan fingerprint density at radius 3 is 2.58 bits per heavy atom. The van der Waals surface area contributed by atoms with Crippen LogP contribution in [0.1, 0.15) is 35.6 Å². The molecule has 1 unspecified atom stereocenters. The summed E-state index contributed by atoms with van der Waals surface area (Å²) in [7, 11) is 3.51. The molecule has 4 N–H and O–H groups in total. The van der Waals surface area contributed by atoms with E-state index in [4.69, 9.17) is 15.6 Å². The second kappa shape index (κ2) is 12.0. The zero-order chi connectivity index (χ0) is 25.7. The number of halogens is 1. The maximum atomic E-state index is 13.3. The summed E-state index contributed by atoms with van der Waals surface area (Å²) in [5.74, 6) is -0.281. The molecule has 2 fully saturated rings. The monoisotopic (exact) mass is 511 g/mol. The normalized spacial score (nSPS) is 23.1. The third-order valence-corrected chi connectivity index (χ3v) is 7.89. The highest BCUT2D eigenvalue weighted by Crippen LogP contribution is 2.39. The van der Waals surface area contributed by atoms with Crippen LogP contribution < -0.4 is 10.7 Å². The largest absolute Gasteiger partial charge is 0.381 e. The van der Waals surface area contributed by atoms with Gasteiger partial charge in [-0.15, -0.1) is 0 Å². The molecule has 0 aromatic heterocycles. The minimum Gasteiger partial charge on any atom is -0.381 e. The summed E-state index contributed by atoms with van der Waals surface area (Å²) in [5, 5.41) is 23.9. The zero-order valence-electron chi connectivity index (χ0n) is 20.9. The molecule has 1 saturated carbocycles. The Kier molecular flexibility index (Phi) is 8.73. The molecule has 0 radical (unpaired) electrons. The lowest BCUT2D eigenvalue weighted by Crippen LogP contribution is -2.56. The van der Waals surface area contributed by atoms with Crippen LogP contribution in [0.25, 0.3) is 0 Å². The Morgan fingerprint density at radius 2 is 1.94 bits per heavy atom.